The zero-order chi connectivity index (χ0) is 18.7. The van der Waals surface area contributed by atoms with Crippen LogP contribution < -0.4 is 16.0 Å². The Hall–Kier alpha value is -2.88. The number of carbonyl (C=O) groups excluding carboxylic acids is 2. The maximum atomic E-state index is 13.7. The van der Waals surface area contributed by atoms with Crippen molar-refractivity contribution in [2.24, 2.45) is 0 Å². The molecule has 1 saturated heterocycles. The van der Waals surface area contributed by atoms with Gasteiger partial charge in [-0.15, -0.1) is 0 Å². The van der Waals surface area contributed by atoms with Crippen LogP contribution in [-0.2, 0) is 0 Å². The van der Waals surface area contributed by atoms with Gasteiger partial charge in [0.15, 0.2) is 0 Å². The first kappa shape index (κ1) is 17.9. The average Bonchev–Trinajstić information content (AvgIpc) is 3.03. The third-order valence-corrected chi connectivity index (χ3v) is 4.02. The molecule has 0 unspecified atom stereocenters. The first-order valence-electron chi connectivity index (χ1n) is 7.96. The van der Waals surface area contributed by atoms with Crippen molar-refractivity contribution in [2.75, 3.05) is 18.4 Å². The molecule has 2 heterocycles. The number of aromatic amines is 1. The highest BCUT2D eigenvalue weighted by Crippen LogP contribution is 2.19. The Balaban J connectivity index is 0.00000261. The van der Waals surface area contributed by atoms with Crippen LogP contribution in [0.15, 0.2) is 18.3 Å². The van der Waals surface area contributed by atoms with Gasteiger partial charge >= 0.3 is 0 Å². The van der Waals surface area contributed by atoms with Crippen molar-refractivity contribution in [3.8, 4) is 0 Å². The molecule has 0 atom stereocenters. The summed E-state index contributed by atoms with van der Waals surface area (Å²) in [6.45, 7) is 1.56. The van der Waals surface area contributed by atoms with E-state index in [-0.39, 0.29) is 18.8 Å². The maximum absolute atomic E-state index is 13.7. The van der Waals surface area contributed by atoms with Gasteiger partial charge in [0.05, 0.1) is 11.9 Å². The summed E-state index contributed by atoms with van der Waals surface area (Å²) in [6, 6.07) is 0.776. The van der Waals surface area contributed by atoms with E-state index in [9.17, 15) is 22.8 Å². The minimum Gasteiger partial charge on any atom is -0.348 e. The van der Waals surface area contributed by atoms with Crippen LogP contribution >= 0.6 is 0 Å². The minimum absolute atomic E-state index is 0. The Labute approximate surface area is 147 Å². The first-order chi connectivity index (χ1) is 12.5. The third-order valence-electron chi connectivity index (χ3n) is 4.02. The van der Waals surface area contributed by atoms with E-state index in [4.69, 9.17) is 0 Å². The summed E-state index contributed by atoms with van der Waals surface area (Å²) < 4.78 is 40.4. The zero-order valence-corrected chi connectivity index (χ0v) is 13.5. The van der Waals surface area contributed by atoms with Crippen molar-refractivity contribution < 1.29 is 24.2 Å². The van der Waals surface area contributed by atoms with Crippen LogP contribution in [0.25, 0.3) is 0 Å². The average molecular weight is 369 g/mol. The molecule has 3 rings (SSSR count). The number of anilines is 1. The Morgan fingerprint density at radius 1 is 1.12 bits per heavy atom. The quantitative estimate of drug-likeness (QED) is 0.661. The lowest BCUT2D eigenvalue weighted by Gasteiger charge is -2.23. The van der Waals surface area contributed by atoms with Gasteiger partial charge in [-0.3, -0.25) is 14.7 Å². The number of hydrogen-bond acceptors (Lipinski definition) is 4. The summed E-state index contributed by atoms with van der Waals surface area (Å²) in [4.78, 5) is 24.5. The summed E-state index contributed by atoms with van der Waals surface area (Å²) >= 11 is 0. The fourth-order valence-corrected chi connectivity index (χ4v) is 2.72. The van der Waals surface area contributed by atoms with Gasteiger partial charge in [0.2, 0.25) is 0 Å². The molecule has 2 amide bonds. The molecule has 26 heavy (non-hydrogen) atoms. The smallest absolute Gasteiger partial charge is 0.271 e. The van der Waals surface area contributed by atoms with Crippen molar-refractivity contribution in [3.63, 3.8) is 0 Å². The molecule has 0 bridgehead atoms. The van der Waals surface area contributed by atoms with Crippen LogP contribution in [0.1, 0.15) is 35.1 Å². The molecule has 0 aliphatic carbocycles. The van der Waals surface area contributed by atoms with E-state index in [1.54, 1.807) is 0 Å². The SMILES string of the molecule is O=C(NC1CCNCC1)c1[nH]ncc1NC(=O)c1c(F)cc(F)cc1F.[HH]. The van der Waals surface area contributed by atoms with Gasteiger partial charge < -0.3 is 16.0 Å². The number of aromatic nitrogens is 2. The molecule has 0 saturated carbocycles. The van der Waals surface area contributed by atoms with Crippen LogP contribution in [-0.4, -0.2) is 41.1 Å². The van der Waals surface area contributed by atoms with Crippen molar-refractivity contribution >= 4 is 17.5 Å². The number of amides is 2. The normalized spacial score (nSPS) is 14.9. The fourth-order valence-electron chi connectivity index (χ4n) is 2.72. The van der Waals surface area contributed by atoms with E-state index >= 15 is 0 Å². The number of hydrogen-bond donors (Lipinski definition) is 4. The second-order valence-electron chi connectivity index (χ2n) is 5.85. The fraction of sp³-hybridized carbons (Fsp3) is 0.312. The van der Waals surface area contributed by atoms with Gasteiger partial charge in [-0.1, -0.05) is 0 Å². The molecule has 7 nitrogen and oxygen atoms in total. The summed E-state index contributed by atoms with van der Waals surface area (Å²) in [5.41, 5.74) is -1.03. The summed E-state index contributed by atoms with van der Waals surface area (Å²) in [7, 11) is 0. The maximum Gasteiger partial charge on any atom is 0.271 e. The molecule has 2 aromatic rings. The third kappa shape index (κ3) is 3.85. The summed E-state index contributed by atoms with van der Waals surface area (Å²) in [5, 5.41) is 14.3. The number of carbonyl (C=O) groups is 2. The predicted octanol–water partition coefficient (Wildman–Crippen LogP) is 1.81. The number of piperidine rings is 1. The lowest BCUT2D eigenvalue weighted by Crippen LogP contribution is -2.43. The van der Waals surface area contributed by atoms with Gasteiger partial charge in [-0.25, -0.2) is 13.2 Å². The van der Waals surface area contributed by atoms with E-state index in [0.29, 0.717) is 12.1 Å². The minimum atomic E-state index is -1.34. The number of nitrogens with one attached hydrogen (secondary N) is 4. The Morgan fingerprint density at radius 3 is 2.42 bits per heavy atom. The molecule has 1 aliphatic rings. The largest absolute Gasteiger partial charge is 0.348 e. The lowest BCUT2D eigenvalue weighted by atomic mass is 10.1. The van der Waals surface area contributed by atoms with Gasteiger partial charge in [0, 0.05) is 19.6 Å². The summed E-state index contributed by atoms with van der Waals surface area (Å²) in [6.07, 6.45) is 2.66. The van der Waals surface area contributed by atoms with Crippen LogP contribution in [0, 0.1) is 17.5 Å². The molecular formula is C16H18F3N5O2. The van der Waals surface area contributed by atoms with Crippen LogP contribution in [0.5, 0.6) is 0 Å². The molecule has 10 heteroatoms. The van der Waals surface area contributed by atoms with E-state index < -0.39 is 34.8 Å². The van der Waals surface area contributed by atoms with E-state index in [1.807, 2.05) is 0 Å². The van der Waals surface area contributed by atoms with Crippen molar-refractivity contribution in [1.29, 1.82) is 0 Å². The van der Waals surface area contributed by atoms with E-state index in [1.165, 1.54) is 0 Å². The molecule has 140 valence electrons. The number of H-pyrrole nitrogens is 1. The highest BCUT2D eigenvalue weighted by Gasteiger charge is 2.24. The monoisotopic (exact) mass is 369 g/mol. The molecule has 1 aromatic carbocycles. The highest BCUT2D eigenvalue weighted by molar-refractivity contribution is 6.08. The molecule has 1 aliphatic heterocycles. The molecule has 4 N–H and O–H groups in total. The molecule has 0 spiro atoms. The molecule has 0 radical (unpaired) electrons. The topological polar surface area (TPSA) is 98.9 Å². The lowest BCUT2D eigenvalue weighted by molar-refractivity contribution is 0.0925. The van der Waals surface area contributed by atoms with Gasteiger partial charge in [-0.05, 0) is 25.9 Å². The van der Waals surface area contributed by atoms with Crippen LogP contribution in [0.4, 0.5) is 18.9 Å². The van der Waals surface area contributed by atoms with Crippen LogP contribution in [0.2, 0.25) is 0 Å². The number of benzene rings is 1. The highest BCUT2D eigenvalue weighted by atomic mass is 19.1. The van der Waals surface area contributed by atoms with Crippen LogP contribution in [0.3, 0.4) is 0 Å². The molecule has 1 fully saturated rings. The molecule has 1 aromatic heterocycles. The number of rotatable bonds is 4. The standard InChI is InChI=1S/C16H16F3N5O2.H2/c17-8-5-10(18)13(11(19)6-8)15(25)23-12-7-21-24-14(12)16(26)22-9-1-3-20-4-2-9;/h5-7,9,20H,1-4H2,(H,21,24)(H,22,26)(H,23,25);1H. The number of nitrogens with zero attached hydrogens (tertiary/aromatic N) is 1. The first-order valence-corrected chi connectivity index (χ1v) is 7.96. The van der Waals surface area contributed by atoms with Crippen molar-refractivity contribution in [3.05, 3.63) is 47.0 Å². The van der Waals surface area contributed by atoms with E-state index in [0.717, 1.165) is 32.1 Å². The Bertz CT molecular complexity index is 816. The Morgan fingerprint density at radius 2 is 1.77 bits per heavy atom. The second kappa shape index (κ2) is 7.56. The van der Waals surface area contributed by atoms with Gasteiger partial charge in [0.25, 0.3) is 11.8 Å². The van der Waals surface area contributed by atoms with Gasteiger partial charge in [0.1, 0.15) is 28.7 Å². The number of halogens is 3. The zero-order valence-electron chi connectivity index (χ0n) is 13.5. The summed E-state index contributed by atoms with van der Waals surface area (Å²) in [5.74, 6) is -5.47. The Kier molecular flexibility index (Phi) is 5.21. The predicted molar refractivity (Wildman–Crippen MR) is 88.3 cm³/mol. The van der Waals surface area contributed by atoms with Crippen molar-refractivity contribution in [1.82, 2.24) is 20.8 Å². The molecular weight excluding hydrogens is 351 g/mol. The second-order valence-corrected chi connectivity index (χ2v) is 5.85. The van der Waals surface area contributed by atoms with Gasteiger partial charge in [-0.2, -0.15) is 5.10 Å². The van der Waals surface area contributed by atoms with E-state index in [2.05, 4.69) is 26.1 Å². The van der Waals surface area contributed by atoms with Crippen molar-refractivity contribution in [2.45, 2.75) is 18.9 Å².